The van der Waals surface area contributed by atoms with Crippen LogP contribution in [0, 0.1) is 0 Å². The van der Waals surface area contributed by atoms with Crippen LogP contribution in [0.2, 0.25) is 0 Å². The maximum atomic E-state index is 12.3. The molecule has 6 heteroatoms. The number of carbonyl (C=O) groups excluding carboxylic acids is 2. The molecule has 0 radical (unpaired) electrons. The smallest absolute Gasteiger partial charge is 0.261 e. The van der Waals surface area contributed by atoms with Crippen LogP contribution in [-0.4, -0.2) is 37.8 Å². The molecule has 3 aromatic rings. The Bertz CT molecular complexity index is 914. The second kappa shape index (κ2) is 6.92. The summed E-state index contributed by atoms with van der Waals surface area (Å²) in [6.45, 7) is 1.23. The zero-order valence-electron chi connectivity index (χ0n) is 14.2. The Hall–Kier alpha value is -3.28. The van der Waals surface area contributed by atoms with Crippen LogP contribution >= 0.6 is 0 Å². The first-order valence-electron chi connectivity index (χ1n) is 8.61. The molecule has 1 aliphatic rings. The lowest BCUT2D eigenvalue weighted by atomic mass is 10.1. The van der Waals surface area contributed by atoms with Crippen molar-refractivity contribution in [1.29, 1.82) is 0 Å². The van der Waals surface area contributed by atoms with E-state index in [0.29, 0.717) is 17.7 Å². The van der Waals surface area contributed by atoms with Crippen LogP contribution in [0.1, 0.15) is 33.6 Å². The SMILES string of the molecule is O=C1c2ccccc2C(=O)N1CCCCn1cnc(-c2cccnc2)c1. The van der Waals surface area contributed by atoms with Crippen LogP contribution < -0.4 is 0 Å². The topological polar surface area (TPSA) is 68.1 Å². The van der Waals surface area contributed by atoms with Crippen molar-refractivity contribution in [2.75, 3.05) is 6.54 Å². The minimum Gasteiger partial charge on any atom is -0.337 e. The van der Waals surface area contributed by atoms with Crippen LogP contribution in [-0.2, 0) is 6.54 Å². The van der Waals surface area contributed by atoms with Crippen molar-refractivity contribution in [3.05, 3.63) is 72.4 Å². The number of imide groups is 1. The highest BCUT2D eigenvalue weighted by Crippen LogP contribution is 2.22. The number of unbranched alkanes of at least 4 members (excludes halogenated alkanes) is 1. The lowest BCUT2D eigenvalue weighted by Crippen LogP contribution is -2.30. The maximum Gasteiger partial charge on any atom is 0.261 e. The standard InChI is InChI=1S/C20H18N4O2/c25-19-16-7-1-2-8-17(16)20(26)24(19)11-4-3-10-23-13-18(22-14-23)15-6-5-9-21-12-15/h1-2,5-9,12-14H,3-4,10-11H2. The quantitative estimate of drug-likeness (QED) is 0.508. The molecule has 26 heavy (non-hydrogen) atoms. The Balaban J connectivity index is 1.31. The molecule has 0 bridgehead atoms. The number of amides is 2. The molecular formula is C20H18N4O2. The Kier molecular flexibility index (Phi) is 4.31. The van der Waals surface area contributed by atoms with Crippen LogP contribution in [0.15, 0.2) is 61.3 Å². The molecule has 6 nitrogen and oxygen atoms in total. The molecule has 2 amide bonds. The summed E-state index contributed by atoms with van der Waals surface area (Å²) in [4.78, 5) is 34.5. The van der Waals surface area contributed by atoms with Crippen LogP contribution in [0.5, 0.6) is 0 Å². The first-order chi connectivity index (χ1) is 12.7. The summed E-state index contributed by atoms with van der Waals surface area (Å²) >= 11 is 0. The highest BCUT2D eigenvalue weighted by molar-refractivity contribution is 6.21. The van der Waals surface area contributed by atoms with E-state index in [9.17, 15) is 9.59 Å². The van der Waals surface area contributed by atoms with E-state index in [-0.39, 0.29) is 11.8 Å². The Labute approximate surface area is 151 Å². The molecule has 0 N–H and O–H groups in total. The summed E-state index contributed by atoms with van der Waals surface area (Å²) < 4.78 is 2.02. The molecule has 0 atom stereocenters. The van der Waals surface area contributed by atoms with Crippen molar-refractivity contribution in [1.82, 2.24) is 19.4 Å². The van der Waals surface area contributed by atoms with Gasteiger partial charge in [-0.05, 0) is 37.1 Å². The predicted octanol–water partition coefficient (Wildman–Crippen LogP) is 3.02. The fraction of sp³-hybridized carbons (Fsp3) is 0.200. The second-order valence-corrected chi connectivity index (χ2v) is 6.25. The van der Waals surface area contributed by atoms with Gasteiger partial charge in [0.25, 0.3) is 11.8 Å². The number of nitrogens with zero attached hydrogens (tertiary/aromatic N) is 4. The number of hydrogen-bond donors (Lipinski definition) is 0. The first kappa shape index (κ1) is 16.2. The zero-order chi connectivity index (χ0) is 17.9. The number of fused-ring (bicyclic) bond motifs is 1. The lowest BCUT2D eigenvalue weighted by Gasteiger charge is -2.13. The fourth-order valence-electron chi connectivity index (χ4n) is 3.15. The zero-order valence-corrected chi connectivity index (χ0v) is 14.2. The molecule has 4 rings (SSSR count). The molecule has 130 valence electrons. The van der Waals surface area contributed by atoms with Gasteiger partial charge in [0.15, 0.2) is 0 Å². The van der Waals surface area contributed by atoms with E-state index in [1.807, 2.05) is 22.9 Å². The third-order valence-electron chi connectivity index (χ3n) is 4.52. The molecule has 0 saturated heterocycles. The predicted molar refractivity (Wildman–Crippen MR) is 96.5 cm³/mol. The third kappa shape index (κ3) is 3.01. The molecule has 1 aliphatic heterocycles. The van der Waals surface area contributed by atoms with E-state index < -0.39 is 0 Å². The van der Waals surface area contributed by atoms with Gasteiger partial charge in [-0.25, -0.2) is 4.98 Å². The van der Waals surface area contributed by atoms with Gasteiger partial charge < -0.3 is 4.57 Å². The largest absolute Gasteiger partial charge is 0.337 e. The average Bonchev–Trinajstić information content (AvgIpc) is 3.25. The first-order valence-corrected chi connectivity index (χ1v) is 8.61. The van der Waals surface area contributed by atoms with Crippen LogP contribution in [0.25, 0.3) is 11.3 Å². The molecule has 2 aromatic heterocycles. The van der Waals surface area contributed by atoms with Gasteiger partial charge in [-0.3, -0.25) is 19.5 Å². The number of pyridine rings is 1. The molecule has 1 aromatic carbocycles. The molecule has 0 unspecified atom stereocenters. The van der Waals surface area contributed by atoms with E-state index in [0.717, 1.165) is 30.6 Å². The van der Waals surface area contributed by atoms with Crippen LogP contribution in [0.4, 0.5) is 0 Å². The summed E-state index contributed by atoms with van der Waals surface area (Å²) in [5.41, 5.74) is 2.89. The number of carbonyl (C=O) groups is 2. The van der Waals surface area contributed by atoms with E-state index in [1.54, 1.807) is 43.0 Å². The molecule has 3 heterocycles. The molecular weight excluding hydrogens is 328 g/mol. The van der Waals surface area contributed by atoms with Crippen LogP contribution in [0.3, 0.4) is 0 Å². The van der Waals surface area contributed by atoms with E-state index >= 15 is 0 Å². The summed E-state index contributed by atoms with van der Waals surface area (Å²) in [6.07, 6.45) is 8.92. The number of benzene rings is 1. The van der Waals surface area contributed by atoms with Gasteiger partial charge in [-0.15, -0.1) is 0 Å². The van der Waals surface area contributed by atoms with Crippen molar-refractivity contribution >= 4 is 11.8 Å². The van der Waals surface area contributed by atoms with Gasteiger partial charge in [-0.2, -0.15) is 0 Å². The fourth-order valence-corrected chi connectivity index (χ4v) is 3.15. The number of hydrogen-bond acceptors (Lipinski definition) is 4. The van der Waals surface area contributed by atoms with Crippen molar-refractivity contribution in [3.63, 3.8) is 0 Å². The highest BCUT2D eigenvalue weighted by atomic mass is 16.2. The molecule has 0 aliphatic carbocycles. The third-order valence-corrected chi connectivity index (χ3v) is 4.52. The monoisotopic (exact) mass is 346 g/mol. The van der Waals surface area contributed by atoms with E-state index in [4.69, 9.17) is 0 Å². The van der Waals surface area contributed by atoms with Gasteiger partial charge in [0.2, 0.25) is 0 Å². The van der Waals surface area contributed by atoms with Gasteiger partial charge in [0.1, 0.15) is 0 Å². The number of aryl methyl sites for hydroxylation is 1. The minimum absolute atomic E-state index is 0.188. The normalized spacial score (nSPS) is 13.3. The van der Waals surface area contributed by atoms with Crippen molar-refractivity contribution in [2.45, 2.75) is 19.4 Å². The molecule has 0 spiro atoms. The number of rotatable bonds is 6. The number of imidazole rings is 1. The van der Waals surface area contributed by atoms with Gasteiger partial charge in [0, 0.05) is 37.2 Å². The molecule has 0 saturated carbocycles. The van der Waals surface area contributed by atoms with Crippen molar-refractivity contribution < 1.29 is 9.59 Å². The Morgan fingerprint density at radius 1 is 0.885 bits per heavy atom. The molecule has 0 fully saturated rings. The lowest BCUT2D eigenvalue weighted by molar-refractivity contribution is 0.0651. The van der Waals surface area contributed by atoms with Crippen molar-refractivity contribution in [3.8, 4) is 11.3 Å². The van der Waals surface area contributed by atoms with Crippen molar-refractivity contribution in [2.24, 2.45) is 0 Å². The summed E-state index contributed by atoms with van der Waals surface area (Å²) in [5, 5.41) is 0. The summed E-state index contributed by atoms with van der Waals surface area (Å²) in [5.74, 6) is -0.376. The highest BCUT2D eigenvalue weighted by Gasteiger charge is 2.34. The van der Waals surface area contributed by atoms with Gasteiger partial charge in [-0.1, -0.05) is 12.1 Å². The van der Waals surface area contributed by atoms with E-state index in [2.05, 4.69) is 9.97 Å². The van der Waals surface area contributed by atoms with E-state index in [1.165, 1.54) is 4.90 Å². The summed E-state index contributed by atoms with van der Waals surface area (Å²) in [6, 6.07) is 10.8. The maximum absolute atomic E-state index is 12.3. The summed E-state index contributed by atoms with van der Waals surface area (Å²) in [7, 11) is 0. The Morgan fingerprint density at radius 2 is 1.62 bits per heavy atom. The second-order valence-electron chi connectivity index (χ2n) is 6.25. The number of aromatic nitrogens is 3. The Morgan fingerprint density at radius 3 is 2.31 bits per heavy atom. The van der Waals surface area contributed by atoms with Gasteiger partial charge >= 0.3 is 0 Å². The minimum atomic E-state index is -0.188. The van der Waals surface area contributed by atoms with Gasteiger partial charge in [0.05, 0.1) is 23.1 Å². The average molecular weight is 346 g/mol.